The average Bonchev–Trinajstić information content (AvgIpc) is 3.36. The van der Waals surface area contributed by atoms with Gasteiger partial charge in [-0.1, -0.05) is 24.3 Å². The van der Waals surface area contributed by atoms with Crippen molar-refractivity contribution in [2.24, 2.45) is 0 Å². The third kappa shape index (κ3) is 6.75. The quantitative estimate of drug-likeness (QED) is 0.472. The van der Waals surface area contributed by atoms with Gasteiger partial charge in [-0.05, 0) is 30.2 Å². The van der Waals surface area contributed by atoms with Crippen LogP contribution < -0.4 is 10.1 Å². The molecule has 0 saturated heterocycles. The molecule has 0 atom stereocenters. The van der Waals surface area contributed by atoms with Gasteiger partial charge in [0, 0.05) is 0 Å². The number of nitrogens with zero attached hydrogens (tertiary/aromatic N) is 2. The lowest BCUT2D eigenvalue weighted by Gasteiger charge is -2.08. The molecule has 0 aliphatic carbocycles. The van der Waals surface area contributed by atoms with Gasteiger partial charge >= 0.3 is 6.18 Å². The minimum Gasteiger partial charge on any atom is -0.485 e. The highest BCUT2D eigenvalue weighted by Gasteiger charge is 2.27. The van der Waals surface area contributed by atoms with Gasteiger partial charge in [0.2, 0.25) is 0 Å². The summed E-state index contributed by atoms with van der Waals surface area (Å²) in [5, 5.41) is 6.38. The van der Waals surface area contributed by atoms with Crippen LogP contribution in [0.5, 0.6) is 5.75 Å². The summed E-state index contributed by atoms with van der Waals surface area (Å²) < 4.78 is 53.2. The van der Waals surface area contributed by atoms with Crippen LogP contribution >= 0.6 is 0 Å². The van der Waals surface area contributed by atoms with Crippen molar-refractivity contribution in [3.8, 4) is 5.75 Å². The van der Waals surface area contributed by atoms with Crippen LogP contribution in [0.4, 0.5) is 18.9 Å². The summed E-state index contributed by atoms with van der Waals surface area (Å²) in [6.45, 7) is 2.07. The molecule has 0 spiro atoms. The van der Waals surface area contributed by atoms with Gasteiger partial charge in [0.25, 0.3) is 5.91 Å². The first-order chi connectivity index (χ1) is 14.8. The second kappa shape index (κ2) is 9.98. The van der Waals surface area contributed by atoms with Crippen LogP contribution in [-0.2, 0) is 24.5 Å². The number of rotatable bonds is 10. The summed E-state index contributed by atoms with van der Waals surface area (Å²) in [5.41, 5.74) is 1.27. The third-order valence-corrected chi connectivity index (χ3v) is 3.97. The van der Waals surface area contributed by atoms with Crippen molar-refractivity contribution < 1.29 is 31.9 Å². The predicted octanol–water partition coefficient (Wildman–Crippen LogP) is 4.57. The number of aromatic nitrogens is 2. The number of halogens is 3. The topological polar surface area (TPSA) is 78.5 Å². The number of benzene rings is 1. The molecule has 10 heteroatoms. The molecular formula is C21H20F3N3O4. The number of alkyl halides is 3. The molecule has 3 rings (SSSR count). The van der Waals surface area contributed by atoms with Gasteiger partial charge < -0.3 is 19.2 Å². The Labute approximate surface area is 176 Å². The number of furan rings is 1. The average molecular weight is 435 g/mol. The lowest BCUT2D eigenvalue weighted by Crippen LogP contribution is -2.18. The first kappa shape index (κ1) is 22.2. The van der Waals surface area contributed by atoms with E-state index in [-0.39, 0.29) is 18.1 Å². The molecule has 164 valence electrons. The van der Waals surface area contributed by atoms with Crippen LogP contribution in [-0.4, -0.2) is 28.5 Å². The molecule has 3 aromatic rings. The molecule has 0 bridgehead atoms. The Morgan fingerprint density at radius 3 is 2.84 bits per heavy atom. The molecular weight excluding hydrogens is 415 g/mol. The molecule has 1 aromatic carbocycles. The summed E-state index contributed by atoms with van der Waals surface area (Å²) >= 11 is 0. The summed E-state index contributed by atoms with van der Waals surface area (Å²) in [6.07, 6.45) is 0.661. The standard InChI is InChI=1S/C21H20F3N3O4/c1-2-5-15-6-3-4-7-18(15)30-12-17-8-9-19(31-17)20(28)26-16-10-25-27(11-16)14-29-13-21(22,23)24/h2-4,6-11H,1,5,12-14H2,(H,26,28). The van der Waals surface area contributed by atoms with Crippen LogP contribution in [0.3, 0.4) is 0 Å². The number of ether oxygens (including phenoxy) is 2. The van der Waals surface area contributed by atoms with E-state index >= 15 is 0 Å². The number of carbonyl (C=O) groups is 1. The van der Waals surface area contributed by atoms with Crippen LogP contribution in [0.1, 0.15) is 21.9 Å². The molecule has 0 saturated carbocycles. The van der Waals surface area contributed by atoms with E-state index in [1.807, 2.05) is 24.3 Å². The molecule has 1 N–H and O–H groups in total. The zero-order valence-electron chi connectivity index (χ0n) is 16.4. The predicted molar refractivity (Wildman–Crippen MR) is 106 cm³/mol. The molecule has 0 unspecified atom stereocenters. The zero-order valence-corrected chi connectivity index (χ0v) is 16.4. The second-order valence-corrected chi connectivity index (χ2v) is 6.47. The van der Waals surface area contributed by atoms with E-state index in [4.69, 9.17) is 9.15 Å². The minimum absolute atomic E-state index is 0.0547. The summed E-state index contributed by atoms with van der Waals surface area (Å²) in [5.74, 6) is 0.674. The number of allylic oxidation sites excluding steroid dienone is 1. The minimum atomic E-state index is -4.42. The zero-order chi connectivity index (χ0) is 22.3. The Bertz CT molecular complexity index is 1030. The Kier molecular flexibility index (Phi) is 7.14. The first-order valence-electron chi connectivity index (χ1n) is 9.22. The fourth-order valence-electron chi connectivity index (χ4n) is 2.64. The van der Waals surface area contributed by atoms with Crippen molar-refractivity contribution in [3.05, 3.63) is 78.5 Å². The largest absolute Gasteiger partial charge is 0.485 e. The van der Waals surface area contributed by atoms with Gasteiger partial charge in [-0.2, -0.15) is 18.3 Å². The van der Waals surface area contributed by atoms with Crippen LogP contribution in [0.25, 0.3) is 0 Å². The lowest BCUT2D eigenvalue weighted by atomic mass is 10.1. The SMILES string of the molecule is C=CCc1ccccc1OCc1ccc(C(=O)Nc2cnn(COCC(F)(F)F)c2)o1. The second-order valence-electron chi connectivity index (χ2n) is 6.47. The maximum absolute atomic E-state index is 12.3. The highest BCUT2D eigenvalue weighted by atomic mass is 19.4. The summed E-state index contributed by atoms with van der Waals surface area (Å²) in [7, 11) is 0. The number of anilines is 1. The maximum Gasteiger partial charge on any atom is 0.411 e. The van der Waals surface area contributed by atoms with Crippen molar-refractivity contribution in [2.75, 3.05) is 11.9 Å². The molecule has 0 fully saturated rings. The maximum atomic E-state index is 12.3. The van der Waals surface area contributed by atoms with Crippen molar-refractivity contribution >= 4 is 11.6 Å². The fourth-order valence-corrected chi connectivity index (χ4v) is 2.64. The van der Waals surface area contributed by atoms with E-state index in [0.717, 1.165) is 10.2 Å². The molecule has 1 amide bonds. The number of hydrogen-bond acceptors (Lipinski definition) is 5. The molecule has 2 heterocycles. The van der Waals surface area contributed by atoms with E-state index < -0.39 is 25.4 Å². The Morgan fingerprint density at radius 2 is 2.06 bits per heavy atom. The molecule has 31 heavy (non-hydrogen) atoms. The highest BCUT2D eigenvalue weighted by Crippen LogP contribution is 2.21. The van der Waals surface area contributed by atoms with Crippen molar-refractivity contribution in [3.63, 3.8) is 0 Å². The Balaban J connectivity index is 1.52. The lowest BCUT2D eigenvalue weighted by molar-refractivity contribution is -0.182. The molecule has 0 radical (unpaired) electrons. The Morgan fingerprint density at radius 1 is 1.26 bits per heavy atom. The van der Waals surface area contributed by atoms with Gasteiger partial charge in [-0.3, -0.25) is 4.79 Å². The molecule has 0 aliphatic rings. The normalized spacial score (nSPS) is 11.3. The number of para-hydroxylation sites is 1. The molecule has 7 nitrogen and oxygen atoms in total. The Hall–Kier alpha value is -3.53. The van der Waals surface area contributed by atoms with E-state index in [9.17, 15) is 18.0 Å². The van der Waals surface area contributed by atoms with E-state index in [2.05, 4.69) is 21.7 Å². The number of nitrogens with one attached hydrogen (secondary N) is 1. The number of hydrogen-bond donors (Lipinski definition) is 1. The molecule has 0 aliphatic heterocycles. The number of amides is 1. The molecule has 2 aromatic heterocycles. The van der Waals surface area contributed by atoms with Gasteiger partial charge in [0.15, 0.2) is 5.76 Å². The van der Waals surface area contributed by atoms with Gasteiger partial charge in [-0.25, -0.2) is 4.68 Å². The van der Waals surface area contributed by atoms with Crippen LogP contribution in [0.15, 0.2) is 65.9 Å². The van der Waals surface area contributed by atoms with Gasteiger partial charge in [0.1, 0.15) is 31.5 Å². The van der Waals surface area contributed by atoms with Crippen LogP contribution in [0.2, 0.25) is 0 Å². The van der Waals surface area contributed by atoms with E-state index in [1.54, 1.807) is 12.1 Å². The number of carbonyl (C=O) groups excluding carboxylic acids is 1. The van der Waals surface area contributed by atoms with Crippen molar-refractivity contribution in [2.45, 2.75) is 25.9 Å². The van der Waals surface area contributed by atoms with Gasteiger partial charge in [-0.15, -0.1) is 6.58 Å². The van der Waals surface area contributed by atoms with E-state index in [1.165, 1.54) is 18.5 Å². The summed E-state index contributed by atoms with van der Waals surface area (Å²) in [4.78, 5) is 12.3. The van der Waals surface area contributed by atoms with Gasteiger partial charge in [0.05, 0.1) is 18.1 Å². The highest BCUT2D eigenvalue weighted by molar-refractivity contribution is 6.02. The summed E-state index contributed by atoms with van der Waals surface area (Å²) in [6, 6.07) is 10.7. The van der Waals surface area contributed by atoms with E-state index in [0.29, 0.717) is 17.9 Å². The van der Waals surface area contributed by atoms with Crippen LogP contribution in [0, 0.1) is 0 Å². The fraction of sp³-hybridized carbons (Fsp3) is 0.238. The monoisotopic (exact) mass is 435 g/mol. The smallest absolute Gasteiger partial charge is 0.411 e. The van der Waals surface area contributed by atoms with Crippen molar-refractivity contribution in [1.82, 2.24) is 9.78 Å². The third-order valence-electron chi connectivity index (χ3n) is 3.97. The first-order valence-corrected chi connectivity index (χ1v) is 9.22. The van der Waals surface area contributed by atoms with Crippen molar-refractivity contribution in [1.29, 1.82) is 0 Å².